The molecule has 0 radical (unpaired) electrons. The fraction of sp³-hybridized carbons (Fsp3) is 0.409. The molecule has 0 unspecified atom stereocenters. The average molecular weight is 409 g/mol. The molecule has 3 aromatic rings. The fourth-order valence-electron chi connectivity index (χ4n) is 3.87. The SMILES string of the molecule is CC(C)=CCn1c(-c2cc(C)oc2C)cn2cc(C(=O)N3CC[C@@H](N)C3)nc2c1=O. The van der Waals surface area contributed by atoms with Gasteiger partial charge in [-0.2, -0.15) is 0 Å². The Kier molecular flexibility index (Phi) is 5.11. The van der Waals surface area contributed by atoms with Gasteiger partial charge in [-0.3, -0.25) is 18.6 Å². The predicted octanol–water partition coefficient (Wildman–Crippen LogP) is 2.51. The van der Waals surface area contributed by atoms with Crippen LogP contribution in [0.1, 0.15) is 42.3 Å². The van der Waals surface area contributed by atoms with Crippen molar-refractivity contribution in [3.8, 4) is 11.3 Å². The van der Waals surface area contributed by atoms with Gasteiger partial charge in [0.2, 0.25) is 5.65 Å². The highest BCUT2D eigenvalue weighted by Crippen LogP contribution is 2.26. The van der Waals surface area contributed by atoms with Crippen LogP contribution in [0.2, 0.25) is 0 Å². The van der Waals surface area contributed by atoms with E-state index in [2.05, 4.69) is 4.98 Å². The first kappa shape index (κ1) is 20.2. The van der Waals surface area contributed by atoms with Gasteiger partial charge in [-0.25, -0.2) is 4.98 Å². The standard InChI is InChI=1S/C22H27N5O3/c1-13(2)5-8-27-19(17-9-14(3)30-15(17)4)12-26-11-18(24-20(26)22(27)29)21(28)25-7-6-16(23)10-25/h5,9,11-12,16H,6-8,10,23H2,1-4H3/t16-/m1/s1. The van der Waals surface area contributed by atoms with E-state index in [1.54, 1.807) is 20.1 Å². The molecule has 1 fully saturated rings. The summed E-state index contributed by atoms with van der Waals surface area (Å²) in [4.78, 5) is 32.3. The van der Waals surface area contributed by atoms with Crippen molar-refractivity contribution < 1.29 is 9.21 Å². The van der Waals surface area contributed by atoms with Crippen LogP contribution in [0.4, 0.5) is 0 Å². The number of rotatable bonds is 4. The molecule has 0 saturated carbocycles. The van der Waals surface area contributed by atoms with Crippen LogP contribution in [0.5, 0.6) is 0 Å². The van der Waals surface area contributed by atoms with Crippen molar-refractivity contribution in [2.45, 2.75) is 46.7 Å². The molecule has 158 valence electrons. The Bertz CT molecular complexity index is 1210. The van der Waals surface area contributed by atoms with Crippen LogP contribution in [-0.4, -0.2) is 43.9 Å². The normalized spacial score (nSPS) is 16.4. The zero-order chi connectivity index (χ0) is 21.6. The molecule has 0 aromatic carbocycles. The Morgan fingerprint density at radius 2 is 2.10 bits per heavy atom. The lowest BCUT2D eigenvalue weighted by Crippen LogP contribution is -2.32. The van der Waals surface area contributed by atoms with Crippen molar-refractivity contribution in [2.75, 3.05) is 13.1 Å². The first-order chi connectivity index (χ1) is 14.2. The van der Waals surface area contributed by atoms with E-state index >= 15 is 0 Å². The molecule has 3 aromatic heterocycles. The molecular weight excluding hydrogens is 382 g/mol. The van der Waals surface area contributed by atoms with Gasteiger partial charge in [-0.05, 0) is 40.2 Å². The third kappa shape index (κ3) is 3.59. The lowest BCUT2D eigenvalue weighted by molar-refractivity contribution is 0.0786. The predicted molar refractivity (Wildman–Crippen MR) is 115 cm³/mol. The van der Waals surface area contributed by atoms with Crippen LogP contribution in [0.15, 0.2) is 39.3 Å². The van der Waals surface area contributed by atoms with E-state index < -0.39 is 0 Å². The molecule has 8 nitrogen and oxygen atoms in total. The number of carbonyl (C=O) groups is 1. The largest absolute Gasteiger partial charge is 0.466 e. The molecule has 2 N–H and O–H groups in total. The van der Waals surface area contributed by atoms with Gasteiger partial charge < -0.3 is 15.1 Å². The number of hydrogen-bond donors (Lipinski definition) is 1. The summed E-state index contributed by atoms with van der Waals surface area (Å²) in [5.74, 6) is 1.31. The van der Waals surface area contributed by atoms with Crippen LogP contribution in [-0.2, 0) is 6.54 Å². The zero-order valence-electron chi connectivity index (χ0n) is 17.8. The Labute approximate surface area is 174 Å². The number of aromatic nitrogens is 3. The second-order valence-corrected chi connectivity index (χ2v) is 8.20. The number of nitrogens with zero attached hydrogens (tertiary/aromatic N) is 4. The van der Waals surface area contributed by atoms with Crippen LogP contribution >= 0.6 is 0 Å². The zero-order valence-corrected chi connectivity index (χ0v) is 17.8. The number of likely N-dealkylation sites (tertiary alicyclic amines) is 1. The van der Waals surface area contributed by atoms with E-state index in [-0.39, 0.29) is 28.8 Å². The number of imidazole rings is 1. The summed E-state index contributed by atoms with van der Waals surface area (Å²) in [6.07, 6.45) is 6.23. The van der Waals surface area contributed by atoms with Crippen molar-refractivity contribution in [1.29, 1.82) is 0 Å². The van der Waals surface area contributed by atoms with Crippen molar-refractivity contribution >= 4 is 11.6 Å². The maximum absolute atomic E-state index is 13.3. The van der Waals surface area contributed by atoms with Gasteiger partial charge in [0.05, 0.1) is 5.69 Å². The number of furan rings is 1. The van der Waals surface area contributed by atoms with Crippen LogP contribution in [0, 0.1) is 13.8 Å². The van der Waals surface area contributed by atoms with Gasteiger partial charge in [0, 0.05) is 43.6 Å². The van der Waals surface area contributed by atoms with Gasteiger partial charge >= 0.3 is 0 Å². The number of aryl methyl sites for hydroxylation is 2. The minimum absolute atomic E-state index is 0.00816. The summed E-state index contributed by atoms with van der Waals surface area (Å²) < 4.78 is 9.01. The topological polar surface area (TPSA) is 98.8 Å². The lowest BCUT2D eigenvalue weighted by Gasteiger charge is -2.13. The first-order valence-electron chi connectivity index (χ1n) is 10.1. The maximum Gasteiger partial charge on any atom is 0.295 e. The van der Waals surface area contributed by atoms with E-state index in [4.69, 9.17) is 10.2 Å². The molecule has 4 heterocycles. The van der Waals surface area contributed by atoms with Gasteiger partial charge in [0.25, 0.3) is 11.5 Å². The molecule has 1 amide bonds. The summed E-state index contributed by atoms with van der Waals surface area (Å²) in [7, 11) is 0. The summed E-state index contributed by atoms with van der Waals surface area (Å²) >= 11 is 0. The monoisotopic (exact) mass is 409 g/mol. The number of carbonyl (C=O) groups excluding carboxylic acids is 1. The minimum atomic E-state index is -0.250. The average Bonchev–Trinajstić information content (AvgIpc) is 3.38. The summed E-state index contributed by atoms with van der Waals surface area (Å²) in [6.45, 7) is 9.26. The molecule has 30 heavy (non-hydrogen) atoms. The van der Waals surface area contributed by atoms with E-state index in [1.165, 1.54) is 0 Å². The Morgan fingerprint density at radius 1 is 1.33 bits per heavy atom. The number of fused-ring (bicyclic) bond motifs is 1. The minimum Gasteiger partial charge on any atom is -0.466 e. The Balaban J connectivity index is 1.86. The summed E-state index contributed by atoms with van der Waals surface area (Å²) in [5.41, 5.74) is 8.84. The van der Waals surface area contributed by atoms with Gasteiger partial charge in [-0.1, -0.05) is 11.6 Å². The highest BCUT2D eigenvalue weighted by Gasteiger charge is 2.27. The van der Waals surface area contributed by atoms with Gasteiger partial charge in [-0.15, -0.1) is 0 Å². The third-order valence-corrected chi connectivity index (χ3v) is 5.45. The molecule has 8 heteroatoms. The molecule has 0 bridgehead atoms. The third-order valence-electron chi connectivity index (χ3n) is 5.45. The van der Waals surface area contributed by atoms with E-state index in [9.17, 15) is 9.59 Å². The van der Waals surface area contributed by atoms with E-state index in [0.717, 1.165) is 34.8 Å². The molecule has 1 atom stereocenters. The molecule has 4 rings (SSSR count). The fourth-order valence-corrected chi connectivity index (χ4v) is 3.87. The van der Waals surface area contributed by atoms with Crippen LogP contribution in [0.25, 0.3) is 16.9 Å². The second-order valence-electron chi connectivity index (χ2n) is 8.20. The van der Waals surface area contributed by atoms with Crippen molar-refractivity contribution in [2.24, 2.45) is 5.73 Å². The van der Waals surface area contributed by atoms with Gasteiger partial charge in [0.1, 0.15) is 17.2 Å². The van der Waals surface area contributed by atoms with E-state index in [1.807, 2.05) is 46.0 Å². The molecule has 0 spiro atoms. The van der Waals surface area contributed by atoms with Gasteiger partial charge in [0.15, 0.2) is 0 Å². The Morgan fingerprint density at radius 3 is 2.70 bits per heavy atom. The van der Waals surface area contributed by atoms with Crippen molar-refractivity contribution in [1.82, 2.24) is 18.9 Å². The number of amides is 1. The molecule has 1 saturated heterocycles. The van der Waals surface area contributed by atoms with Crippen molar-refractivity contribution in [3.63, 3.8) is 0 Å². The first-order valence-corrected chi connectivity index (χ1v) is 10.1. The highest BCUT2D eigenvalue weighted by molar-refractivity contribution is 5.93. The Hall–Kier alpha value is -3.13. The second kappa shape index (κ2) is 7.60. The quantitative estimate of drug-likeness (QED) is 0.668. The summed E-state index contributed by atoms with van der Waals surface area (Å²) in [5, 5.41) is 0. The smallest absolute Gasteiger partial charge is 0.295 e. The lowest BCUT2D eigenvalue weighted by atomic mass is 10.1. The van der Waals surface area contributed by atoms with Crippen molar-refractivity contribution in [3.05, 3.63) is 57.7 Å². The maximum atomic E-state index is 13.3. The highest BCUT2D eigenvalue weighted by atomic mass is 16.3. The molecule has 1 aliphatic heterocycles. The molecule has 1 aliphatic rings. The number of hydrogen-bond acceptors (Lipinski definition) is 5. The molecular formula is C22H27N5O3. The molecule has 0 aliphatic carbocycles. The van der Waals surface area contributed by atoms with Crippen LogP contribution in [0.3, 0.4) is 0 Å². The summed E-state index contributed by atoms with van der Waals surface area (Å²) in [6, 6.07) is 1.91. The number of nitrogens with two attached hydrogens (primary N) is 1. The number of allylic oxidation sites excluding steroid dienone is 2. The van der Waals surface area contributed by atoms with E-state index in [0.29, 0.717) is 19.6 Å². The van der Waals surface area contributed by atoms with Crippen LogP contribution < -0.4 is 11.3 Å².